The lowest BCUT2D eigenvalue weighted by Crippen LogP contribution is -2.48. The molecule has 0 spiro atoms. The lowest BCUT2D eigenvalue weighted by molar-refractivity contribution is 0.0829. The van der Waals surface area contributed by atoms with Gasteiger partial charge in [-0.15, -0.1) is 0 Å². The molecule has 0 radical (unpaired) electrons. The van der Waals surface area contributed by atoms with E-state index in [2.05, 4.69) is 23.6 Å². The van der Waals surface area contributed by atoms with Gasteiger partial charge in [-0.1, -0.05) is 44.5 Å². The quantitative estimate of drug-likeness (QED) is 0.244. The predicted molar refractivity (Wildman–Crippen MR) is 156 cm³/mol. The Bertz CT molecular complexity index is 1380. The van der Waals surface area contributed by atoms with Gasteiger partial charge in [-0.2, -0.15) is 0 Å². The fraction of sp³-hybridized carbons (Fsp3) is 0.387. The normalized spacial score (nSPS) is 13.2. The Kier molecular flexibility index (Phi) is 12.0. The van der Waals surface area contributed by atoms with E-state index in [-0.39, 0.29) is 29.0 Å². The Morgan fingerprint density at radius 1 is 0.951 bits per heavy atom. The van der Waals surface area contributed by atoms with Crippen LogP contribution in [-0.2, 0) is 29.4 Å². The molecular weight excluding hydrogens is 548 g/mol. The molecule has 0 fully saturated rings. The summed E-state index contributed by atoms with van der Waals surface area (Å²) in [7, 11) is -2.18. The molecule has 0 aliphatic rings. The maximum Gasteiger partial charge on any atom is 0.251 e. The van der Waals surface area contributed by atoms with Gasteiger partial charge in [0.25, 0.3) is 5.91 Å². The van der Waals surface area contributed by atoms with Gasteiger partial charge in [0, 0.05) is 38.3 Å². The van der Waals surface area contributed by atoms with Crippen LogP contribution in [0.1, 0.15) is 53.7 Å². The standard InChI is InChI=1S/C31H39F2N3O4S/c1-4-6-14-36(3)41(39,40)28-12-10-25(11-13-28)31(38)35-29(18-24-16-26(32)19-27(33)17-24)30(37)21-34-20-23-9-7-8-22(5-2)15-23/h7-13,15-17,19,29-30,34,37H,4-6,14,18,20-21H2,1-3H3,(H,35,38)/t29-,30-/m0/s1. The number of benzene rings is 3. The molecule has 0 aromatic heterocycles. The number of nitrogens with one attached hydrogen (secondary N) is 2. The molecule has 3 N–H and O–H groups in total. The van der Waals surface area contributed by atoms with Crippen molar-refractivity contribution in [3.63, 3.8) is 0 Å². The maximum atomic E-state index is 13.9. The molecular formula is C31H39F2N3O4S. The molecule has 222 valence electrons. The largest absolute Gasteiger partial charge is 0.390 e. The number of hydrogen-bond donors (Lipinski definition) is 3. The monoisotopic (exact) mass is 587 g/mol. The Hall–Kier alpha value is -3.18. The van der Waals surface area contributed by atoms with Gasteiger partial charge in [0.2, 0.25) is 10.0 Å². The van der Waals surface area contributed by atoms with Gasteiger partial charge in [-0.25, -0.2) is 21.5 Å². The Morgan fingerprint density at radius 2 is 1.61 bits per heavy atom. The van der Waals surface area contributed by atoms with Crippen molar-refractivity contribution in [3.8, 4) is 0 Å². The lowest BCUT2D eigenvalue weighted by atomic mass is 10.00. The van der Waals surface area contributed by atoms with Crippen LogP contribution in [0.15, 0.2) is 71.6 Å². The van der Waals surface area contributed by atoms with Gasteiger partial charge in [-0.3, -0.25) is 4.79 Å². The van der Waals surface area contributed by atoms with Crippen LogP contribution in [0.4, 0.5) is 8.78 Å². The summed E-state index contributed by atoms with van der Waals surface area (Å²) >= 11 is 0. The third-order valence-electron chi connectivity index (χ3n) is 6.89. The second kappa shape index (κ2) is 15.2. The van der Waals surface area contributed by atoms with Gasteiger partial charge >= 0.3 is 0 Å². The second-order valence-corrected chi connectivity index (χ2v) is 12.2. The van der Waals surface area contributed by atoms with E-state index in [4.69, 9.17) is 0 Å². The first kappa shape index (κ1) is 32.3. The molecule has 10 heteroatoms. The number of sulfonamides is 1. The Labute approximate surface area is 241 Å². The van der Waals surface area contributed by atoms with E-state index in [1.54, 1.807) is 0 Å². The first-order valence-corrected chi connectivity index (χ1v) is 15.3. The summed E-state index contributed by atoms with van der Waals surface area (Å²) in [6.07, 6.45) is 1.37. The Morgan fingerprint density at radius 3 is 2.24 bits per heavy atom. The minimum absolute atomic E-state index is 0.0245. The molecule has 0 heterocycles. The van der Waals surface area contributed by atoms with Gasteiger partial charge in [0.15, 0.2) is 0 Å². The van der Waals surface area contributed by atoms with Crippen molar-refractivity contribution in [2.45, 2.75) is 63.1 Å². The zero-order chi connectivity index (χ0) is 30.0. The van der Waals surface area contributed by atoms with Crippen molar-refractivity contribution < 1.29 is 27.1 Å². The third kappa shape index (κ3) is 9.43. The highest BCUT2D eigenvalue weighted by Crippen LogP contribution is 2.17. The molecule has 41 heavy (non-hydrogen) atoms. The summed E-state index contributed by atoms with van der Waals surface area (Å²) in [6, 6.07) is 15.8. The number of aliphatic hydroxyl groups excluding tert-OH is 1. The van der Waals surface area contributed by atoms with E-state index >= 15 is 0 Å². The highest BCUT2D eigenvalue weighted by molar-refractivity contribution is 7.89. The topological polar surface area (TPSA) is 98.7 Å². The van der Waals surface area contributed by atoms with Crippen LogP contribution in [0.2, 0.25) is 0 Å². The van der Waals surface area contributed by atoms with Crippen LogP contribution in [0.3, 0.4) is 0 Å². The van der Waals surface area contributed by atoms with Crippen LogP contribution < -0.4 is 10.6 Å². The molecule has 0 bridgehead atoms. The van der Waals surface area contributed by atoms with Crippen LogP contribution in [0.5, 0.6) is 0 Å². The lowest BCUT2D eigenvalue weighted by Gasteiger charge is -2.25. The highest BCUT2D eigenvalue weighted by atomic mass is 32.2. The summed E-state index contributed by atoms with van der Waals surface area (Å²) in [5.74, 6) is -2.06. The fourth-order valence-electron chi connectivity index (χ4n) is 4.44. The number of aryl methyl sites for hydroxylation is 1. The molecule has 2 atom stereocenters. The molecule has 1 amide bonds. The van der Waals surface area contributed by atoms with E-state index in [1.807, 2.05) is 25.1 Å². The summed E-state index contributed by atoms with van der Waals surface area (Å²) in [6.45, 7) is 5.03. The zero-order valence-corrected chi connectivity index (χ0v) is 24.6. The van der Waals surface area contributed by atoms with E-state index in [1.165, 1.54) is 41.2 Å². The summed E-state index contributed by atoms with van der Waals surface area (Å²) in [4.78, 5) is 13.2. The molecule has 7 nitrogen and oxygen atoms in total. The molecule has 3 rings (SSSR count). The number of amides is 1. The highest BCUT2D eigenvalue weighted by Gasteiger charge is 2.24. The van der Waals surface area contributed by atoms with Crippen molar-refractivity contribution in [3.05, 3.63) is 101 Å². The zero-order valence-electron chi connectivity index (χ0n) is 23.7. The summed E-state index contributed by atoms with van der Waals surface area (Å²) in [5, 5.41) is 17.0. The Balaban J connectivity index is 1.73. The maximum absolute atomic E-state index is 13.9. The van der Waals surface area contributed by atoms with Crippen molar-refractivity contribution in [1.29, 1.82) is 0 Å². The average molecular weight is 588 g/mol. The molecule has 0 unspecified atom stereocenters. The van der Waals surface area contributed by atoms with E-state index in [9.17, 15) is 27.1 Å². The van der Waals surface area contributed by atoms with E-state index in [0.29, 0.717) is 13.1 Å². The number of carbonyl (C=O) groups is 1. The molecule has 0 aliphatic carbocycles. The number of nitrogens with zero attached hydrogens (tertiary/aromatic N) is 1. The number of aliphatic hydroxyl groups is 1. The van der Waals surface area contributed by atoms with Crippen LogP contribution in [0, 0.1) is 11.6 Å². The number of halogens is 2. The SMILES string of the molecule is CCCCN(C)S(=O)(=O)c1ccc(C(=O)N[C@@H](Cc2cc(F)cc(F)c2)[C@@H](O)CNCc2cccc(CC)c2)cc1. The van der Waals surface area contributed by atoms with Crippen molar-refractivity contribution in [1.82, 2.24) is 14.9 Å². The van der Waals surface area contributed by atoms with Crippen molar-refractivity contribution in [2.75, 3.05) is 20.1 Å². The van der Waals surface area contributed by atoms with E-state index < -0.39 is 39.7 Å². The molecule has 0 aliphatic heterocycles. The minimum atomic E-state index is -3.69. The molecule has 3 aromatic carbocycles. The number of rotatable bonds is 15. The summed E-state index contributed by atoms with van der Waals surface area (Å²) in [5.41, 5.74) is 2.69. The molecule has 3 aromatic rings. The van der Waals surface area contributed by atoms with Gasteiger partial charge in [-0.05, 0) is 72.4 Å². The first-order valence-electron chi connectivity index (χ1n) is 13.8. The molecule has 0 saturated carbocycles. The van der Waals surface area contributed by atoms with Crippen LogP contribution in [-0.4, -0.2) is 56.0 Å². The third-order valence-corrected chi connectivity index (χ3v) is 8.76. The smallest absolute Gasteiger partial charge is 0.251 e. The van der Waals surface area contributed by atoms with Gasteiger partial charge < -0.3 is 15.7 Å². The first-order chi connectivity index (χ1) is 19.5. The second-order valence-electron chi connectivity index (χ2n) is 10.1. The van der Waals surface area contributed by atoms with Crippen LogP contribution in [0.25, 0.3) is 0 Å². The number of hydrogen-bond acceptors (Lipinski definition) is 5. The van der Waals surface area contributed by atoms with Crippen molar-refractivity contribution in [2.24, 2.45) is 0 Å². The fourth-order valence-corrected chi connectivity index (χ4v) is 5.65. The molecule has 0 saturated heterocycles. The summed E-state index contributed by atoms with van der Waals surface area (Å²) < 4.78 is 54.6. The van der Waals surface area contributed by atoms with Crippen molar-refractivity contribution >= 4 is 15.9 Å². The average Bonchev–Trinajstić information content (AvgIpc) is 2.95. The number of unbranched alkanes of at least 4 members (excludes halogenated alkanes) is 1. The van der Waals surface area contributed by atoms with Gasteiger partial charge in [0.1, 0.15) is 11.6 Å². The predicted octanol–water partition coefficient (Wildman–Crippen LogP) is 4.44. The van der Waals surface area contributed by atoms with Gasteiger partial charge in [0.05, 0.1) is 17.0 Å². The van der Waals surface area contributed by atoms with Crippen LogP contribution >= 0.6 is 0 Å². The number of carbonyl (C=O) groups excluding carboxylic acids is 1. The van der Waals surface area contributed by atoms with E-state index in [0.717, 1.165) is 43.0 Å². The minimum Gasteiger partial charge on any atom is -0.390 e.